The smallest absolute Gasteiger partial charge is 0.246 e. The standard InChI is InChI=1S/C22H18N2O/c1-2-16-12-14-18(15-13-16)25-22-20-11-7-6-10-19(20)21(23-24-22)17-8-4-3-5-9-17/h3-15H,2H2,1H3. The first-order chi connectivity index (χ1) is 12.3. The fourth-order valence-electron chi connectivity index (χ4n) is 2.87. The number of rotatable bonds is 4. The lowest BCUT2D eigenvalue weighted by atomic mass is 10.1. The van der Waals surface area contributed by atoms with Gasteiger partial charge in [-0.1, -0.05) is 67.6 Å². The Morgan fingerprint density at radius 1 is 0.720 bits per heavy atom. The Balaban J connectivity index is 1.78. The van der Waals surface area contributed by atoms with Crippen molar-refractivity contribution in [2.75, 3.05) is 0 Å². The highest BCUT2D eigenvalue weighted by molar-refractivity contribution is 5.96. The SMILES string of the molecule is CCc1ccc(Oc2nnc(-c3ccccc3)c3ccccc23)cc1. The summed E-state index contributed by atoms with van der Waals surface area (Å²) in [6.07, 6.45) is 1.01. The topological polar surface area (TPSA) is 35.0 Å². The predicted molar refractivity (Wildman–Crippen MR) is 101 cm³/mol. The van der Waals surface area contributed by atoms with Gasteiger partial charge in [-0.05, 0) is 30.2 Å². The molecule has 0 bridgehead atoms. The number of aromatic nitrogens is 2. The van der Waals surface area contributed by atoms with Gasteiger partial charge in [-0.25, -0.2) is 0 Å². The zero-order chi connectivity index (χ0) is 17.1. The van der Waals surface area contributed by atoms with Gasteiger partial charge in [0.2, 0.25) is 5.88 Å². The van der Waals surface area contributed by atoms with Gasteiger partial charge in [-0.2, -0.15) is 0 Å². The summed E-state index contributed by atoms with van der Waals surface area (Å²) in [5, 5.41) is 10.8. The van der Waals surface area contributed by atoms with Gasteiger partial charge in [-0.15, -0.1) is 10.2 Å². The second-order valence-electron chi connectivity index (χ2n) is 5.86. The first-order valence-corrected chi connectivity index (χ1v) is 8.43. The Morgan fingerprint density at radius 2 is 1.40 bits per heavy atom. The highest BCUT2D eigenvalue weighted by Crippen LogP contribution is 2.32. The number of fused-ring (bicyclic) bond motifs is 1. The van der Waals surface area contributed by atoms with Crippen LogP contribution < -0.4 is 4.74 Å². The molecule has 25 heavy (non-hydrogen) atoms. The van der Waals surface area contributed by atoms with Crippen molar-refractivity contribution in [2.24, 2.45) is 0 Å². The maximum Gasteiger partial charge on any atom is 0.246 e. The molecule has 0 aliphatic heterocycles. The van der Waals surface area contributed by atoms with Gasteiger partial charge in [0.15, 0.2) is 0 Å². The molecule has 1 heterocycles. The summed E-state index contributed by atoms with van der Waals surface area (Å²) in [6, 6.07) is 26.3. The summed E-state index contributed by atoms with van der Waals surface area (Å²) in [5.41, 5.74) is 3.19. The molecule has 0 spiro atoms. The van der Waals surface area contributed by atoms with Crippen LogP contribution in [-0.2, 0) is 6.42 Å². The van der Waals surface area contributed by atoms with Crippen molar-refractivity contribution in [3.05, 3.63) is 84.4 Å². The maximum absolute atomic E-state index is 6.01. The van der Waals surface area contributed by atoms with Crippen molar-refractivity contribution in [1.82, 2.24) is 10.2 Å². The van der Waals surface area contributed by atoms with Crippen LogP contribution in [0.15, 0.2) is 78.9 Å². The van der Waals surface area contributed by atoms with E-state index in [2.05, 4.69) is 35.3 Å². The van der Waals surface area contributed by atoms with Crippen LogP contribution in [-0.4, -0.2) is 10.2 Å². The number of ether oxygens (including phenoxy) is 1. The summed E-state index contributed by atoms with van der Waals surface area (Å²) in [5.74, 6) is 1.30. The van der Waals surface area contributed by atoms with Gasteiger partial charge in [0.25, 0.3) is 0 Å². The number of aryl methyl sites for hydroxylation is 1. The van der Waals surface area contributed by atoms with Crippen LogP contribution in [0.25, 0.3) is 22.0 Å². The van der Waals surface area contributed by atoms with Crippen molar-refractivity contribution in [1.29, 1.82) is 0 Å². The third kappa shape index (κ3) is 3.09. The van der Waals surface area contributed by atoms with Crippen LogP contribution in [0.1, 0.15) is 12.5 Å². The Morgan fingerprint density at radius 3 is 2.12 bits per heavy atom. The molecule has 3 nitrogen and oxygen atoms in total. The summed E-state index contributed by atoms with van der Waals surface area (Å²) < 4.78 is 6.01. The normalized spacial score (nSPS) is 10.8. The molecule has 0 atom stereocenters. The largest absolute Gasteiger partial charge is 0.437 e. The van der Waals surface area contributed by atoms with Crippen molar-refractivity contribution < 1.29 is 4.74 Å². The Hall–Kier alpha value is -3.20. The average molecular weight is 326 g/mol. The molecular weight excluding hydrogens is 308 g/mol. The van der Waals surface area contributed by atoms with E-state index in [-0.39, 0.29) is 0 Å². The summed E-state index contributed by atoms with van der Waals surface area (Å²) in [6.45, 7) is 2.14. The van der Waals surface area contributed by atoms with E-state index in [0.717, 1.165) is 34.2 Å². The lowest BCUT2D eigenvalue weighted by molar-refractivity contribution is 0.462. The minimum atomic E-state index is 0.527. The van der Waals surface area contributed by atoms with Gasteiger partial charge in [0.05, 0.1) is 0 Å². The molecule has 0 radical (unpaired) electrons. The number of nitrogens with zero attached hydrogens (tertiary/aromatic N) is 2. The summed E-state index contributed by atoms with van der Waals surface area (Å²) >= 11 is 0. The van der Waals surface area contributed by atoms with Crippen LogP contribution in [0.5, 0.6) is 11.6 Å². The second-order valence-corrected chi connectivity index (χ2v) is 5.86. The van der Waals surface area contributed by atoms with E-state index in [0.29, 0.717) is 5.88 Å². The molecule has 0 N–H and O–H groups in total. The van der Waals surface area contributed by atoms with Gasteiger partial charge in [0, 0.05) is 16.3 Å². The maximum atomic E-state index is 6.01. The van der Waals surface area contributed by atoms with Crippen LogP contribution in [0.3, 0.4) is 0 Å². The minimum Gasteiger partial charge on any atom is -0.437 e. The molecular formula is C22H18N2O. The van der Waals surface area contributed by atoms with Crippen LogP contribution in [0.2, 0.25) is 0 Å². The molecule has 122 valence electrons. The molecule has 0 fully saturated rings. The second kappa shape index (κ2) is 6.73. The number of hydrogen-bond acceptors (Lipinski definition) is 3. The van der Waals surface area contributed by atoms with Crippen molar-refractivity contribution >= 4 is 10.8 Å². The molecule has 4 aromatic rings. The third-order valence-electron chi connectivity index (χ3n) is 4.25. The Kier molecular flexibility index (Phi) is 4.13. The monoisotopic (exact) mass is 326 g/mol. The summed E-state index contributed by atoms with van der Waals surface area (Å²) in [4.78, 5) is 0. The van der Waals surface area contributed by atoms with E-state index in [9.17, 15) is 0 Å². The Bertz CT molecular complexity index is 995. The minimum absolute atomic E-state index is 0.527. The lowest BCUT2D eigenvalue weighted by Gasteiger charge is -2.10. The molecule has 0 saturated heterocycles. The molecule has 0 amide bonds. The van der Waals surface area contributed by atoms with E-state index in [1.807, 2.05) is 60.7 Å². The van der Waals surface area contributed by atoms with Crippen LogP contribution in [0.4, 0.5) is 0 Å². The average Bonchev–Trinajstić information content (AvgIpc) is 2.69. The van der Waals surface area contributed by atoms with E-state index in [4.69, 9.17) is 4.74 Å². The molecule has 0 aliphatic carbocycles. The number of hydrogen-bond donors (Lipinski definition) is 0. The zero-order valence-corrected chi connectivity index (χ0v) is 14.0. The lowest BCUT2D eigenvalue weighted by Crippen LogP contribution is -1.96. The highest BCUT2D eigenvalue weighted by atomic mass is 16.5. The third-order valence-corrected chi connectivity index (χ3v) is 4.25. The van der Waals surface area contributed by atoms with Crippen LogP contribution >= 0.6 is 0 Å². The molecule has 4 rings (SSSR count). The van der Waals surface area contributed by atoms with E-state index >= 15 is 0 Å². The quantitative estimate of drug-likeness (QED) is 0.486. The highest BCUT2D eigenvalue weighted by Gasteiger charge is 2.12. The van der Waals surface area contributed by atoms with Crippen molar-refractivity contribution in [3.63, 3.8) is 0 Å². The van der Waals surface area contributed by atoms with Crippen molar-refractivity contribution in [2.45, 2.75) is 13.3 Å². The van der Waals surface area contributed by atoms with Crippen LogP contribution in [0, 0.1) is 0 Å². The molecule has 3 heteroatoms. The van der Waals surface area contributed by atoms with E-state index in [1.54, 1.807) is 0 Å². The first-order valence-electron chi connectivity index (χ1n) is 8.43. The van der Waals surface area contributed by atoms with E-state index < -0.39 is 0 Å². The van der Waals surface area contributed by atoms with Gasteiger partial charge in [0.1, 0.15) is 11.4 Å². The zero-order valence-electron chi connectivity index (χ0n) is 14.0. The van der Waals surface area contributed by atoms with Gasteiger partial charge in [-0.3, -0.25) is 0 Å². The van der Waals surface area contributed by atoms with Crippen molar-refractivity contribution in [3.8, 4) is 22.9 Å². The molecule has 0 aliphatic rings. The molecule has 1 aromatic heterocycles. The molecule has 0 saturated carbocycles. The first kappa shape index (κ1) is 15.3. The Labute approximate surface area is 146 Å². The fraction of sp³-hybridized carbons (Fsp3) is 0.0909. The summed E-state index contributed by atoms with van der Waals surface area (Å²) in [7, 11) is 0. The van der Waals surface area contributed by atoms with Gasteiger partial charge < -0.3 is 4.74 Å². The number of benzene rings is 3. The molecule has 3 aromatic carbocycles. The van der Waals surface area contributed by atoms with Gasteiger partial charge >= 0.3 is 0 Å². The van der Waals surface area contributed by atoms with E-state index in [1.165, 1.54) is 5.56 Å². The fourth-order valence-corrected chi connectivity index (χ4v) is 2.87. The molecule has 0 unspecified atom stereocenters. The predicted octanol–water partition coefficient (Wildman–Crippen LogP) is 5.65.